The maximum Gasteiger partial charge on any atom is 0.260 e. The number of hydrogen-bond donors (Lipinski definition) is 1. The topological polar surface area (TPSA) is 12.0 Å². The van der Waals surface area contributed by atoms with Gasteiger partial charge >= 0.3 is 0 Å². The van der Waals surface area contributed by atoms with Crippen LogP contribution in [0.4, 0.5) is 8.78 Å². The number of halogens is 2. The molecule has 0 aromatic heterocycles. The van der Waals surface area contributed by atoms with Crippen LogP contribution in [0.15, 0.2) is 0 Å². The zero-order valence-corrected chi connectivity index (χ0v) is 8.45. The maximum absolute atomic E-state index is 13.1. The van der Waals surface area contributed by atoms with Crippen molar-refractivity contribution in [3.8, 4) is 0 Å². The molecule has 0 heterocycles. The Balaban J connectivity index is 2.54. The van der Waals surface area contributed by atoms with Crippen LogP contribution in [-0.4, -0.2) is 19.0 Å². The SMILES string of the molecule is CNC(C1CCCCC1)C(C)(F)F. The smallest absolute Gasteiger partial charge is 0.260 e. The third kappa shape index (κ3) is 2.90. The summed E-state index contributed by atoms with van der Waals surface area (Å²) in [6.07, 6.45) is 5.34. The molecule has 0 spiro atoms. The summed E-state index contributed by atoms with van der Waals surface area (Å²) >= 11 is 0. The van der Waals surface area contributed by atoms with Gasteiger partial charge in [-0.15, -0.1) is 0 Å². The Morgan fingerprint density at radius 2 is 1.77 bits per heavy atom. The molecule has 13 heavy (non-hydrogen) atoms. The molecule has 1 unspecified atom stereocenters. The Bertz CT molecular complexity index is 147. The van der Waals surface area contributed by atoms with Crippen LogP contribution in [0.1, 0.15) is 39.0 Å². The van der Waals surface area contributed by atoms with E-state index in [1.807, 2.05) is 0 Å². The van der Waals surface area contributed by atoms with E-state index in [1.165, 1.54) is 6.42 Å². The highest BCUT2D eigenvalue weighted by Gasteiger charge is 2.38. The average Bonchev–Trinajstić information content (AvgIpc) is 2.05. The van der Waals surface area contributed by atoms with E-state index < -0.39 is 12.0 Å². The predicted molar refractivity (Wildman–Crippen MR) is 50.0 cm³/mol. The second-order valence-electron chi connectivity index (χ2n) is 4.12. The zero-order valence-electron chi connectivity index (χ0n) is 8.45. The van der Waals surface area contributed by atoms with E-state index in [2.05, 4.69) is 5.32 Å². The first-order chi connectivity index (χ1) is 6.05. The molecule has 0 aliphatic heterocycles. The highest BCUT2D eigenvalue weighted by Crippen LogP contribution is 2.33. The first kappa shape index (κ1) is 10.9. The molecular formula is C10H19F2N. The van der Waals surface area contributed by atoms with E-state index in [4.69, 9.17) is 0 Å². The minimum atomic E-state index is -2.59. The standard InChI is InChI=1S/C10H19F2N/c1-10(11,12)9(13-2)8-6-4-3-5-7-8/h8-9,13H,3-7H2,1-2H3. The van der Waals surface area contributed by atoms with Gasteiger partial charge in [-0.1, -0.05) is 19.3 Å². The molecule has 0 saturated heterocycles. The lowest BCUT2D eigenvalue weighted by atomic mass is 9.82. The first-order valence-corrected chi connectivity index (χ1v) is 5.11. The van der Waals surface area contributed by atoms with Crippen molar-refractivity contribution in [3.63, 3.8) is 0 Å². The Hall–Kier alpha value is -0.180. The van der Waals surface area contributed by atoms with Gasteiger partial charge in [0.2, 0.25) is 0 Å². The number of rotatable bonds is 3. The summed E-state index contributed by atoms with van der Waals surface area (Å²) in [6, 6.07) is -0.632. The van der Waals surface area contributed by atoms with Gasteiger partial charge in [0.05, 0.1) is 6.04 Å². The van der Waals surface area contributed by atoms with Crippen molar-refractivity contribution in [2.45, 2.75) is 51.0 Å². The number of hydrogen-bond acceptors (Lipinski definition) is 1. The van der Waals surface area contributed by atoms with Gasteiger partial charge < -0.3 is 5.32 Å². The van der Waals surface area contributed by atoms with Gasteiger partial charge in [-0.05, 0) is 25.8 Å². The summed E-state index contributed by atoms with van der Waals surface area (Å²) in [5.41, 5.74) is 0. The molecule has 1 nitrogen and oxygen atoms in total. The Morgan fingerprint density at radius 3 is 2.15 bits per heavy atom. The van der Waals surface area contributed by atoms with Crippen LogP contribution in [0.2, 0.25) is 0 Å². The molecule has 0 amide bonds. The van der Waals surface area contributed by atoms with Gasteiger partial charge in [-0.3, -0.25) is 0 Å². The maximum atomic E-state index is 13.1. The van der Waals surface area contributed by atoms with Crippen LogP contribution in [0, 0.1) is 5.92 Å². The van der Waals surface area contributed by atoms with E-state index >= 15 is 0 Å². The lowest BCUT2D eigenvalue weighted by molar-refractivity contribution is -0.0415. The fraction of sp³-hybridized carbons (Fsp3) is 1.00. The molecular weight excluding hydrogens is 172 g/mol. The van der Waals surface area contributed by atoms with Crippen LogP contribution in [-0.2, 0) is 0 Å². The quantitative estimate of drug-likeness (QED) is 0.723. The van der Waals surface area contributed by atoms with Gasteiger partial charge in [0, 0.05) is 6.92 Å². The molecule has 1 fully saturated rings. The lowest BCUT2D eigenvalue weighted by Crippen LogP contribution is -2.47. The molecule has 0 aromatic rings. The second kappa shape index (κ2) is 4.36. The van der Waals surface area contributed by atoms with Crippen LogP contribution < -0.4 is 5.32 Å². The van der Waals surface area contributed by atoms with Crippen molar-refractivity contribution in [1.29, 1.82) is 0 Å². The average molecular weight is 191 g/mol. The number of nitrogens with one attached hydrogen (secondary N) is 1. The van der Waals surface area contributed by atoms with Crippen LogP contribution >= 0.6 is 0 Å². The summed E-state index contributed by atoms with van der Waals surface area (Å²) in [6.45, 7) is 1.02. The fourth-order valence-electron chi connectivity index (χ4n) is 2.37. The largest absolute Gasteiger partial charge is 0.311 e. The summed E-state index contributed by atoms with van der Waals surface area (Å²) in [7, 11) is 1.64. The second-order valence-corrected chi connectivity index (χ2v) is 4.12. The molecule has 1 saturated carbocycles. The van der Waals surface area contributed by atoms with Gasteiger partial charge in [0.15, 0.2) is 0 Å². The van der Waals surface area contributed by atoms with Gasteiger partial charge in [0.1, 0.15) is 0 Å². The fourth-order valence-corrected chi connectivity index (χ4v) is 2.37. The Kier molecular flexibility index (Phi) is 3.65. The minimum absolute atomic E-state index is 0.166. The summed E-state index contributed by atoms with van der Waals surface area (Å²) < 4.78 is 26.2. The van der Waals surface area contributed by atoms with Gasteiger partial charge in [-0.2, -0.15) is 0 Å². The van der Waals surface area contributed by atoms with Crippen molar-refractivity contribution >= 4 is 0 Å². The van der Waals surface area contributed by atoms with Crippen LogP contribution in [0.25, 0.3) is 0 Å². The molecule has 1 aliphatic carbocycles. The van der Waals surface area contributed by atoms with Crippen molar-refractivity contribution in [3.05, 3.63) is 0 Å². The van der Waals surface area contributed by atoms with Crippen LogP contribution in [0.3, 0.4) is 0 Å². The molecule has 0 bridgehead atoms. The van der Waals surface area contributed by atoms with Gasteiger partial charge in [0.25, 0.3) is 5.92 Å². The third-order valence-corrected chi connectivity index (χ3v) is 2.98. The monoisotopic (exact) mass is 191 g/mol. The van der Waals surface area contributed by atoms with E-state index in [9.17, 15) is 8.78 Å². The van der Waals surface area contributed by atoms with E-state index in [1.54, 1.807) is 7.05 Å². The van der Waals surface area contributed by atoms with E-state index in [-0.39, 0.29) is 5.92 Å². The zero-order chi connectivity index (χ0) is 9.90. The molecule has 78 valence electrons. The molecule has 1 rings (SSSR count). The summed E-state index contributed by atoms with van der Waals surface area (Å²) in [5, 5.41) is 2.76. The predicted octanol–water partition coefficient (Wildman–Crippen LogP) is 2.81. The third-order valence-electron chi connectivity index (χ3n) is 2.98. The summed E-state index contributed by atoms with van der Waals surface area (Å²) in [5.74, 6) is -2.42. The normalized spacial score (nSPS) is 23.1. The summed E-state index contributed by atoms with van der Waals surface area (Å²) in [4.78, 5) is 0. The van der Waals surface area contributed by atoms with E-state index in [0.29, 0.717) is 0 Å². The van der Waals surface area contributed by atoms with Crippen molar-refractivity contribution in [2.75, 3.05) is 7.05 Å². The molecule has 3 heteroatoms. The molecule has 1 aliphatic rings. The molecule has 1 atom stereocenters. The molecule has 0 aromatic carbocycles. The van der Waals surface area contributed by atoms with Crippen molar-refractivity contribution in [1.82, 2.24) is 5.32 Å². The van der Waals surface area contributed by atoms with Crippen molar-refractivity contribution < 1.29 is 8.78 Å². The lowest BCUT2D eigenvalue weighted by Gasteiger charge is -2.33. The Morgan fingerprint density at radius 1 is 1.23 bits per heavy atom. The highest BCUT2D eigenvalue weighted by atomic mass is 19.3. The molecule has 0 radical (unpaired) electrons. The van der Waals surface area contributed by atoms with Crippen molar-refractivity contribution in [2.24, 2.45) is 5.92 Å². The first-order valence-electron chi connectivity index (χ1n) is 5.11. The Labute approximate surface area is 78.9 Å². The highest BCUT2D eigenvalue weighted by molar-refractivity contribution is 4.86. The number of alkyl halides is 2. The molecule has 1 N–H and O–H groups in total. The van der Waals surface area contributed by atoms with Gasteiger partial charge in [-0.25, -0.2) is 8.78 Å². The minimum Gasteiger partial charge on any atom is -0.311 e. The van der Waals surface area contributed by atoms with Crippen LogP contribution in [0.5, 0.6) is 0 Å². The van der Waals surface area contributed by atoms with E-state index in [0.717, 1.165) is 32.6 Å².